The SMILES string of the molecule is CCNC(=NCc1ccc(-n2nc(C)cc2C)nc1)N1CCN(C(=O)OCC)CC1. The molecule has 0 radical (unpaired) electrons. The van der Waals surface area contributed by atoms with Crippen LogP contribution in [-0.4, -0.2) is 75.9 Å². The predicted octanol–water partition coefficient (Wildman–Crippen LogP) is 2.12. The van der Waals surface area contributed by atoms with Gasteiger partial charge in [-0.25, -0.2) is 19.5 Å². The molecule has 0 bridgehead atoms. The molecule has 0 atom stereocenters. The second-order valence-electron chi connectivity index (χ2n) is 7.21. The van der Waals surface area contributed by atoms with Crippen LogP contribution in [0.1, 0.15) is 30.8 Å². The highest BCUT2D eigenvalue weighted by molar-refractivity contribution is 5.80. The maximum absolute atomic E-state index is 11.9. The summed E-state index contributed by atoms with van der Waals surface area (Å²) in [7, 11) is 0. The number of nitrogens with zero attached hydrogens (tertiary/aromatic N) is 6. The molecule has 0 spiro atoms. The van der Waals surface area contributed by atoms with E-state index in [1.165, 1.54) is 0 Å². The molecule has 1 aliphatic heterocycles. The van der Waals surface area contributed by atoms with Crippen molar-refractivity contribution in [1.82, 2.24) is 29.9 Å². The first-order valence-electron chi connectivity index (χ1n) is 10.4. The first-order valence-corrected chi connectivity index (χ1v) is 10.4. The standard InChI is InChI=1S/C21H31N7O2/c1-5-22-20(26-9-11-27(12-10-26)21(29)30-6-2)24-15-18-7-8-19(23-14-18)28-17(4)13-16(3)25-28/h7-8,13-14H,5-6,9-12,15H2,1-4H3,(H,22,24). The number of guanidine groups is 1. The fourth-order valence-corrected chi connectivity index (χ4v) is 3.40. The molecule has 1 N–H and O–H groups in total. The van der Waals surface area contributed by atoms with Crippen LogP contribution in [-0.2, 0) is 11.3 Å². The molecule has 1 amide bonds. The number of pyridine rings is 1. The molecule has 9 nitrogen and oxygen atoms in total. The van der Waals surface area contributed by atoms with Crippen molar-refractivity contribution >= 4 is 12.1 Å². The van der Waals surface area contributed by atoms with Gasteiger partial charge in [-0.1, -0.05) is 6.07 Å². The van der Waals surface area contributed by atoms with Gasteiger partial charge in [0.2, 0.25) is 0 Å². The monoisotopic (exact) mass is 413 g/mol. The lowest BCUT2D eigenvalue weighted by Gasteiger charge is -2.35. The van der Waals surface area contributed by atoms with Crippen LogP contribution in [0.4, 0.5) is 4.79 Å². The lowest BCUT2D eigenvalue weighted by atomic mass is 10.3. The van der Waals surface area contributed by atoms with Gasteiger partial charge in [-0.3, -0.25) is 0 Å². The van der Waals surface area contributed by atoms with E-state index in [2.05, 4.69) is 27.2 Å². The molecule has 30 heavy (non-hydrogen) atoms. The second kappa shape index (κ2) is 10.1. The van der Waals surface area contributed by atoms with Crippen molar-refractivity contribution in [1.29, 1.82) is 0 Å². The van der Waals surface area contributed by atoms with E-state index in [9.17, 15) is 4.79 Å². The molecule has 2 aromatic heterocycles. The molecule has 1 saturated heterocycles. The van der Waals surface area contributed by atoms with Crippen molar-refractivity contribution in [3.63, 3.8) is 0 Å². The van der Waals surface area contributed by atoms with Crippen molar-refractivity contribution in [2.45, 2.75) is 34.2 Å². The first-order chi connectivity index (χ1) is 14.5. The van der Waals surface area contributed by atoms with Gasteiger partial charge in [0.05, 0.1) is 18.8 Å². The number of carbonyl (C=O) groups excluding carboxylic acids is 1. The summed E-state index contributed by atoms with van der Waals surface area (Å²) < 4.78 is 6.93. The van der Waals surface area contributed by atoms with Gasteiger partial charge in [-0.2, -0.15) is 5.10 Å². The summed E-state index contributed by atoms with van der Waals surface area (Å²) >= 11 is 0. The third kappa shape index (κ3) is 5.28. The number of rotatable bonds is 5. The Morgan fingerprint density at radius 1 is 1.17 bits per heavy atom. The Kier molecular flexibility index (Phi) is 7.26. The Balaban J connectivity index is 1.62. The maximum atomic E-state index is 11.9. The van der Waals surface area contributed by atoms with E-state index in [1.54, 1.807) is 4.90 Å². The predicted molar refractivity (Wildman–Crippen MR) is 116 cm³/mol. The van der Waals surface area contributed by atoms with Gasteiger partial charge in [0.25, 0.3) is 0 Å². The van der Waals surface area contributed by atoms with Crippen LogP contribution in [0.3, 0.4) is 0 Å². The van der Waals surface area contributed by atoms with Crippen LogP contribution in [0, 0.1) is 13.8 Å². The van der Waals surface area contributed by atoms with Gasteiger partial charge in [0, 0.05) is 44.6 Å². The van der Waals surface area contributed by atoms with Crippen molar-refractivity contribution in [2.24, 2.45) is 4.99 Å². The van der Waals surface area contributed by atoms with Crippen molar-refractivity contribution in [3.8, 4) is 5.82 Å². The van der Waals surface area contributed by atoms with E-state index < -0.39 is 0 Å². The van der Waals surface area contributed by atoms with E-state index in [1.807, 2.05) is 49.8 Å². The van der Waals surface area contributed by atoms with E-state index >= 15 is 0 Å². The summed E-state index contributed by atoms with van der Waals surface area (Å²) in [6.07, 6.45) is 1.60. The number of ether oxygens (including phenoxy) is 1. The third-order valence-electron chi connectivity index (χ3n) is 4.89. The number of aliphatic imine (C=N–C) groups is 1. The highest BCUT2D eigenvalue weighted by Gasteiger charge is 2.23. The summed E-state index contributed by atoms with van der Waals surface area (Å²) in [6, 6.07) is 6.03. The zero-order valence-corrected chi connectivity index (χ0v) is 18.3. The highest BCUT2D eigenvalue weighted by atomic mass is 16.6. The number of amides is 1. The van der Waals surface area contributed by atoms with Gasteiger partial charge in [0.1, 0.15) is 0 Å². The van der Waals surface area contributed by atoms with Crippen LogP contribution in [0.2, 0.25) is 0 Å². The first kappa shape index (κ1) is 21.6. The Bertz CT molecular complexity index is 868. The second-order valence-corrected chi connectivity index (χ2v) is 7.21. The summed E-state index contributed by atoms with van der Waals surface area (Å²) in [6.45, 7) is 12.3. The summed E-state index contributed by atoms with van der Waals surface area (Å²) in [4.78, 5) is 25.1. The summed E-state index contributed by atoms with van der Waals surface area (Å²) in [5.74, 6) is 1.65. The molecule has 1 aliphatic rings. The smallest absolute Gasteiger partial charge is 0.409 e. The zero-order chi connectivity index (χ0) is 21.5. The Morgan fingerprint density at radius 2 is 1.90 bits per heavy atom. The Hall–Kier alpha value is -3.10. The van der Waals surface area contributed by atoms with Crippen molar-refractivity contribution < 1.29 is 9.53 Å². The van der Waals surface area contributed by atoms with Crippen LogP contribution < -0.4 is 5.32 Å². The van der Waals surface area contributed by atoms with E-state index in [4.69, 9.17) is 9.73 Å². The Morgan fingerprint density at radius 3 is 2.47 bits per heavy atom. The fraction of sp³-hybridized carbons (Fsp3) is 0.524. The minimum absolute atomic E-state index is 0.243. The molecule has 162 valence electrons. The van der Waals surface area contributed by atoms with Crippen molar-refractivity contribution in [3.05, 3.63) is 41.3 Å². The average molecular weight is 414 g/mol. The number of piperazine rings is 1. The third-order valence-corrected chi connectivity index (χ3v) is 4.89. The number of nitrogens with one attached hydrogen (secondary N) is 1. The lowest BCUT2D eigenvalue weighted by molar-refractivity contribution is 0.0914. The van der Waals surface area contributed by atoms with Gasteiger partial charge in [0.15, 0.2) is 11.8 Å². The highest BCUT2D eigenvalue weighted by Crippen LogP contribution is 2.11. The normalized spacial score (nSPS) is 14.7. The molecule has 0 saturated carbocycles. The van der Waals surface area contributed by atoms with Crippen LogP contribution in [0.5, 0.6) is 0 Å². The molecule has 2 aromatic rings. The van der Waals surface area contributed by atoms with Gasteiger partial charge in [-0.15, -0.1) is 0 Å². The van der Waals surface area contributed by atoms with Crippen LogP contribution in [0.15, 0.2) is 29.4 Å². The molecule has 0 aromatic carbocycles. The quantitative estimate of drug-likeness (QED) is 0.597. The summed E-state index contributed by atoms with van der Waals surface area (Å²) in [5.41, 5.74) is 3.06. The average Bonchev–Trinajstić information content (AvgIpc) is 3.09. The topological polar surface area (TPSA) is 87.9 Å². The fourth-order valence-electron chi connectivity index (χ4n) is 3.40. The Labute approximate surface area is 177 Å². The zero-order valence-electron chi connectivity index (χ0n) is 18.3. The number of hydrogen-bond donors (Lipinski definition) is 1. The number of aryl methyl sites for hydroxylation is 2. The van der Waals surface area contributed by atoms with Crippen molar-refractivity contribution in [2.75, 3.05) is 39.3 Å². The minimum atomic E-state index is -0.243. The molecule has 0 unspecified atom stereocenters. The number of carbonyl (C=O) groups is 1. The minimum Gasteiger partial charge on any atom is -0.450 e. The summed E-state index contributed by atoms with van der Waals surface area (Å²) in [5, 5.41) is 7.82. The molecule has 9 heteroatoms. The molecule has 0 aliphatic carbocycles. The molecule has 3 heterocycles. The molecular formula is C21H31N7O2. The van der Waals surface area contributed by atoms with E-state index in [-0.39, 0.29) is 6.09 Å². The van der Waals surface area contributed by atoms with Crippen LogP contribution in [0.25, 0.3) is 5.82 Å². The number of aromatic nitrogens is 3. The largest absolute Gasteiger partial charge is 0.450 e. The van der Waals surface area contributed by atoms with Gasteiger partial charge < -0.3 is 19.9 Å². The number of hydrogen-bond acceptors (Lipinski definition) is 5. The maximum Gasteiger partial charge on any atom is 0.409 e. The van der Waals surface area contributed by atoms with Crippen LogP contribution >= 0.6 is 0 Å². The van der Waals surface area contributed by atoms with Gasteiger partial charge in [-0.05, 0) is 45.4 Å². The van der Waals surface area contributed by atoms with E-state index in [0.29, 0.717) is 26.2 Å². The van der Waals surface area contributed by atoms with E-state index in [0.717, 1.165) is 48.4 Å². The van der Waals surface area contributed by atoms with Gasteiger partial charge >= 0.3 is 6.09 Å². The molecular weight excluding hydrogens is 382 g/mol. The molecule has 3 rings (SSSR count). The molecule has 1 fully saturated rings. The lowest BCUT2D eigenvalue weighted by Crippen LogP contribution is -2.53.